The molecule has 0 aromatic carbocycles. The minimum absolute atomic E-state index is 0.179. The summed E-state index contributed by atoms with van der Waals surface area (Å²) in [5.41, 5.74) is 1.49. The van der Waals surface area contributed by atoms with Crippen LogP contribution in [0.4, 0.5) is 0 Å². The lowest BCUT2D eigenvalue weighted by Gasteiger charge is -2.17. The van der Waals surface area contributed by atoms with E-state index in [0.29, 0.717) is 5.92 Å². The van der Waals surface area contributed by atoms with Crippen molar-refractivity contribution in [1.82, 2.24) is 0 Å². The van der Waals surface area contributed by atoms with Gasteiger partial charge in [0.05, 0.1) is 6.10 Å². The zero-order valence-electron chi connectivity index (χ0n) is 9.79. The molecule has 2 unspecified atom stereocenters. The van der Waals surface area contributed by atoms with Crippen molar-refractivity contribution in [2.24, 2.45) is 11.8 Å². The minimum atomic E-state index is -0.179. The molecule has 0 bridgehead atoms. The molecule has 1 heteroatoms. The van der Waals surface area contributed by atoms with E-state index >= 15 is 0 Å². The average Bonchev–Trinajstić information content (AvgIpc) is 2.28. The largest absolute Gasteiger partial charge is 0.389 e. The van der Waals surface area contributed by atoms with Gasteiger partial charge in [-0.1, -0.05) is 38.8 Å². The van der Waals surface area contributed by atoms with Gasteiger partial charge in [-0.25, -0.2) is 0 Å². The molecule has 82 valence electrons. The second-order valence-electron chi connectivity index (χ2n) is 5.09. The number of hydrogen-bond acceptors (Lipinski definition) is 1. The van der Waals surface area contributed by atoms with Crippen molar-refractivity contribution >= 4 is 0 Å². The minimum Gasteiger partial charge on any atom is -0.389 e. The van der Waals surface area contributed by atoms with Gasteiger partial charge >= 0.3 is 0 Å². The van der Waals surface area contributed by atoms with Crippen molar-refractivity contribution in [2.45, 2.75) is 59.0 Å². The summed E-state index contributed by atoms with van der Waals surface area (Å²) in [5, 5.41) is 9.67. The molecule has 0 spiro atoms. The summed E-state index contributed by atoms with van der Waals surface area (Å²) < 4.78 is 0. The fourth-order valence-electron chi connectivity index (χ4n) is 2.37. The van der Waals surface area contributed by atoms with Gasteiger partial charge in [0.1, 0.15) is 0 Å². The van der Waals surface area contributed by atoms with E-state index < -0.39 is 0 Å². The molecule has 0 aliphatic heterocycles. The first-order valence-electron chi connectivity index (χ1n) is 5.98. The lowest BCUT2D eigenvalue weighted by molar-refractivity contribution is 0.210. The molecule has 1 rings (SSSR count). The molecule has 0 saturated carbocycles. The molecule has 1 aliphatic carbocycles. The summed E-state index contributed by atoms with van der Waals surface area (Å²) in [5.74, 6) is 1.41. The van der Waals surface area contributed by atoms with Crippen LogP contribution < -0.4 is 0 Å². The SMILES string of the molecule is CC(C)CC(C)C1=CC(O)CCCC1. The lowest BCUT2D eigenvalue weighted by Crippen LogP contribution is -2.06. The molecule has 0 radical (unpaired) electrons. The number of allylic oxidation sites excluding steroid dienone is 1. The monoisotopic (exact) mass is 196 g/mol. The summed E-state index contributed by atoms with van der Waals surface area (Å²) in [7, 11) is 0. The van der Waals surface area contributed by atoms with Crippen molar-refractivity contribution < 1.29 is 5.11 Å². The molecule has 2 atom stereocenters. The van der Waals surface area contributed by atoms with E-state index in [1.165, 1.54) is 31.3 Å². The first-order chi connectivity index (χ1) is 6.59. The summed E-state index contributed by atoms with van der Waals surface area (Å²) in [6.45, 7) is 6.83. The zero-order chi connectivity index (χ0) is 10.6. The van der Waals surface area contributed by atoms with Gasteiger partial charge < -0.3 is 5.11 Å². The fourth-order valence-corrected chi connectivity index (χ4v) is 2.37. The molecule has 0 heterocycles. The van der Waals surface area contributed by atoms with E-state index in [-0.39, 0.29) is 6.10 Å². The highest BCUT2D eigenvalue weighted by Gasteiger charge is 2.15. The molecule has 0 aromatic rings. The third-order valence-corrected chi connectivity index (χ3v) is 3.08. The standard InChI is InChI=1S/C13H24O/c1-10(2)8-11(3)12-6-4-5-7-13(14)9-12/h9-11,13-14H,4-8H2,1-3H3. The highest BCUT2D eigenvalue weighted by molar-refractivity contribution is 5.10. The molecule has 1 N–H and O–H groups in total. The van der Waals surface area contributed by atoms with Gasteiger partial charge in [-0.3, -0.25) is 0 Å². The van der Waals surface area contributed by atoms with Crippen LogP contribution in [-0.4, -0.2) is 11.2 Å². The van der Waals surface area contributed by atoms with Gasteiger partial charge in [0, 0.05) is 0 Å². The zero-order valence-corrected chi connectivity index (χ0v) is 9.79. The van der Waals surface area contributed by atoms with E-state index in [1.54, 1.807) is 0 Å². The summed E-state index contributed by atoms with van der Waals surface area (Å²) >= 11 is 0. The molecule has 1 aliphatic rings. The van der Waals surface area contributed by atoms with Crippen molar-refractivity contribution in [3.63, 3.8) is 0 Å². The third-order valence-electron chi connectivity index (χ3n) is 3.08. The van der Waals surface area contributed by atoms with E-state index in [0.717, 1.165) is 12.3 Å². The van der Waals surface area contributed by atoms with Crippen LogP contribution in [0.2, 0.25) is 0 Å². The van der Waals surface area contributed by atoms with Crippen LogP contribution >= 0.6 is 0 Å². The Labute approximate surface area is 88.2 Å². The summed E-state index contributed by atoms with van der Waals surface area (Å²) in [6, 6.07) is 0. The molecular formula is C13H24O. The number of hydrogen-bond donors (Lipinski definition) is 1. The van der Waals surface area contributed by atoms with E-state index in [2.05, 4.69) is 26.8 Å². The molecule has 0 fully saturated rings. The van der Waals surface area contributed by atoms with Crippen molar-refractivity contribution in [1.29, 1.82) is 0 Å². The van der Waals surface area contributed by atoms with Crippen LogP contribution in [-0.2, 0) is 0 Å². The van der Waals surface area contributed by atoms with E-state index in [4.69, 9.17) is 0 Å². The van der Waals surface area contributed by atoms with Gasteiger partial charge in [0.15, 0.2) is 0 Å². The molecule has 0 amide bonds. The Balaban J connectivity index is 2.55. The Hall–Kier alpha value is -0.300. The number of aliphatic hydroxyl groups is 1. The Morgan fingerprint density at radius 3 is 2.71 bits per heavy atom. The van der Waals surface area contributed by atoms with Crippen molar-refractivity contribution in [3.05, 3.63) is 11.6 Å². The smallest absolute Gasteiger partial charge is 0.0723 e. The van der Waals surface area contributed by atoms with Gasteiger partial charge in [-0.05, 0) is 37.5 Å². The Morgan fingerprint density at radius 1 is 1.36 bits per heavy atom. The van der Waals surface area contributed by atoms with E-state index in [9.17, 15) is 5.11 Å². The van der Waals surface area contributed by atoms with Gasteiger partial charge in [-0.15, -0.1) is 0 Å². The van der Waals surface area contributed by atoms with Crippen molar-refractivity contribution in [3.8, 4) is 0 Å². The number of aliphatic hydroxyl groups excluding tert-OH is 1. The van der Waals surface area contributed by atoms with Crippen LogP contribution in [0.3, 0.4) is 0 Å². The van der Waals surface area contributed by atoms with Gasteiger partial charge in [-0.2, -0.15) is 0 Å². The molecule has 14 heavy (non-hydrogen) atoms. The molecule has 0 aromatic heterocycles. The Kier molecular flexibility index (Phi) is 4.67. The predicted octanol–water partition coefficient (Wildman–Crippen LogP) is 3.53. The van der Waals surface area contributed by atoms with Gasteiger partial charge in [0.25, 0.3) is 0 Å². The molecular weight excluding hydrogens is 172 g/mol. The maximum absolute atomic E-state index is 9.67. The molecule has 0 saturated heterocycles. The predicted molar refractivity (Wildman–Crippen MR) is 61.2 cm³/mol. The normalized spacial score (nSPS) is 25.8. The van der Waals surface area contributed by atoms with Crippen LogP contribution in [0.15, 0.2) is 11.6 Å². The summed E-state index contributed by atoms with van der Waals surface area (Å²) in [6.07, 6.45) is 7.77. The summed E-state index contributed by atoms with van der Waals surface area (Å²) in [4.78, 5) is 0. The topological polar surface area (TPSA) is 20.2 Å². The van der Waals surface area contributed by atoms with Crippen LogP contribution in [0, 0.1) is 11.8 Å². The first kappa shape index (κ1) is 11.8. The third kappa shape index (κ3) is 3.83. The quantitative estimate of drug-likeness (QED) is 0.685. The van der Waals surface area contributed by atoms with Crippen LogP contribution in [0.1, 0.15) is 52.9 Å². The van der Waals surface area contributed by atoms with Crippen LogP contribution in [0.5, 0.6) is 0 Å². The van der Waals surface area contributed by atoms with Crippen molar-refractivity contribution in [2.75, 3.05) is 0 Å². The second kappa shape index (κ2) is 5.55. The van der Waals surface area contributed by atoms with Gasteiger partial charge in [0.2, 0.25) is 0 Å². The average molecular weight is 196 g/mol. The highest BCUT2D eigenvalue weighted by Crippen LogP contribution is 2.27. The number of rotatable bonds is 3. The Bertz CT molecular complexity index is 193. The lowest BCUT2D eigenvalue weighted by atomic mass is 9.89. The first-order valence-corrected chi connectivity index (χ1v) is 5.98. The maximum atomic E-state index is 9.67. The maximum Gasteiger partial charge on any atom is 0.0723 e. The Morgan fingerprint density at radius 2 is 2.07 bits per heavy atom. The highest BCUT2D eigenvalue weighted by atomic mass is 16.3. The van der Waals surface area contributed by atoms with Crippen LogP contribution in [0.25, 0.3) is 0 Å². The fraction of sp³-hybridized carbons (Fsp3) is 0.846. The molecule has 1 nitrogen and oxygen atoms in total. The second-order valence-corrected chi connectivity index (χ2v) is 5.09. The van der Waals surface area contributed by atoms with E-state index in [1.807, 2.05) is 0 Å².